The molecule has 2 rings (SSSR count). The fraction of sp³-hybridized carbons (Fsp3) is 0.714. The smallest absolute Gasteiger partial charge is 0.315 e. The van der Waals surface area contributed by atoms with Crippen molar-refractivity contribution in [1.82, 2.24) is 15.1 Å². The number of ether oxygens (including phenoxy) is 3. The highest BCUT2D eigenvalue weighted by molar-refractivity contribution is 7.59. The van der Waals surface area contributed by atoms with Crippen LogP contribution in [0.4, 0.5) is 0 Å². The van der Waals surface area contributed by atoms with Crippen LogP contribution in [0.2, 0.25) is 0 Å². The zero-order valence-corrected chi connectivity index (χ0v) is 31.6. The third kappa shape index (κ3) is 11.3. The Morgan fingerprint density at radius 2 is 1.71 bits per heavy atom. The Kier molecular flexibility index (Phi) is 16.9. The van der Waals surface area contributed by atoms with E-state index in [9.17, 15) is 28.6 Å². The molecular weight excluding hydrogens is 651 g/mol. The highest BCUT2D eigenvalue weighted by Crippen LogP contribution is 2.46. The standard InChI is InChI=1S/C35H59N4O9P/c1-10-23(4)32(38(6)35(43)31(36)22(2)3)27(46-7)20-29(40)39-18-14-17-26(39)33(48-9)24(5)34(42)37-28(19-25-15-12-11-13-16-25)49(44,45)21-30(41)47-8/h11-13,15-16,22-24,26-28,31-33H,10,14,17-21,36H2,1-9H3,(H,37,42)(H,44,45)/t23-,24+,26-,27+,28+,31-,32-,33+/m0/s1. The summed E-state index contributed by atoms with van der Waals surface area (Å²) in [4.78, 5) is 67.3. The number of rotatable bonds is 19. The summed E-state index contributed by atoms with van der Waals surface area (Å²) in [5, 5.41) is 2.72. The van der Waals surface area contributed by atoms with E-state index in [1.54, 1.807) is 48.0 Å². The minimum absolute atomic E-state index is 0.00786. The number of esters is 1. The predicted molar refractivity (Wildman–Crippen MR) is 188 cm³/mol. The Hall–Kier alpha value is -2.83. The Morgan fingerprint density at radius 1 is 1.08 bits per heavy atom. The minimum Gasteiger partial charge on any atom is -0.469 e. The fourth-order valence-electron chi connectivity index (χ4n) is 6.61. The lowest BCUT2D eigenvalue weighted by Crippen LogP contribution is -2.56. The number of amides is 3. The predicted octanol–water partition coefficient (Wildman–Crippen LogP) is 3.02. The Labute approximate surface area is 292 Å². The minimum atomic E-state index is -4.26. The van der Waals surface area contributed by atoms with Crippen molar-refractivity contribution in [3.05, 3.63) is 35.9 Å². The van der Waals surface area contributed by atoms with E-state index in [1.807, 2.05) is 33.8 Å². The van der Waals surface area contributed by atoms with Crippen molar-refractivity contribution >= 4 is 31.1 Å². The number of carbonyl (C=O) groups is 4. The first-order chi connectivity index (χ1) is 23.0. The molecule has 4 N–H and O–H groups in total. The van der Waals surface area contributed by atoms with Crippen molar-refractivity contribution in [2.75, 3.05) is 41.1 Å². The van der Waals surface area contributed by atoms with Gasteiger partial charge in [0.25, 0.3) is 0 Å². The van der Waals surface area contributed by atoms with Gasteiger partial charge in [-0.15, -0.1) is 0 Å². The van der Waals surface area contributed by atoms with Crippen molar-refractivity contribution in [2.45, 2.75) is 103 Å². The summed E-state index contributed by atoms with van der Waals surface area (Å²) in [6, 6.07) is 7.37. The number of benzene rings is 1. The van der Waals surface area contributed by atoms with Crippen LogP contribution < -0.4 is 11.1 Å². The maximum Gasteiger partial charge on any atom is 0.315 e. The zero-order valence-electron chi connectivity index (χ0n) is 30.7. The average molecular weight is 711 g/mol. The van der Waals surface area contributed by atoms with Crippen LogP contribution in [-0.4, -0.2) is 116 Å². The number of nitrogens with one attached hydrogen (secondary N) is 1. The van der Waals surface area contributed by atoms with Crippen LogP contribution in [-0.2, 0) is 44.4 Å². The van der Waals surface area contributed by atoms with Crippen molar-refractivity contribution < 1.29 is 42.8 Å². The molecule has 1 aromatic rings. The lowest BCUT2D eigenvalue weighted by molar-refractivity contribution is -0.146. The zero-order chi connectivity index (χ0) is 37.1. The van der Waals surface area contributed by atoms with E-state index in [0.717, 1.165) is 13.5 Å². The third-order valence-electron chi connectivity index (χ3n) is 9.91. The molecule has 1 fully saturated rings. The lowest BCUT2D eigenvalue weighted by Gasteiger charge is -2.40. The van der Waals surface area contributed by atoms with Gasteiger partial charge in [0, 0.05) is 34.2 Å². The first-order valence-electron chi connectivity index (χ1n) is 17.1. The lowest BCUT2D eigenvalue weighted by atomic mass is 9.89. The SMILES string of the molecule is CC[C@H](C)[C@@H]([C@@H](CC(=O)N1CCC[C@H]1[C@H](OC)[C@@H](C)C(=O)N[C@@H](Cc1ccccc1)P(=O)(O)CC(=O)OC)OC)N(C)C(=O)[C@@H](N)C(C)C. The van der Waals surface area contributed by atoms with E-state index in [2.05, 4.69) is 10.1 Å². The van der Waals surface area contributed by atoms with Crippen molar-refractivity contribution in [3.8, 4) is 0 Å². The second-order valence-electron chi connectivity index (χ2n) is 13.6. The van der Waals surface area contributed by atoms with Gasteiger partial charge in [-0.05, 0) is 30.2 Å². The monoisotopic (exact) mass is 710 g/mol. The molecule has 49 heavy (non-hydrogen) atoms. The summed E-state index contributed by atoms with van der Waals surface area (Å²) < 4.78 is 29.8. The summed E-state index contributed by atoms with van der Waals surface area (Å²) in [6.45, 7) is 9.93. The molecule has 0 aliphatic carbocycles. The molecular formula is C35H59N4O9P. The van der Waals surface area contributed by atoms with Crippen LogP contribution in [0.5, 0.6) is 0 Å². The molecule has 0 bridgehead atoms. The number of nitrogens with two attached hydrogens (primary N) is 1. The van der Waals surface area contributed by atoms with Gasteiger partial charge < -0.3 is 40.0 Å². The maximum absolute atomic E-state index is 14.0. The molecule has 14 heteroatoms. The van der Waals surface area contributed by atoms with Crippen LogP contribution in [0.1, 0.15) is 65.9 Å². The quantitative estimate of drug-likeness (QED) is 0.143. The largest absolute Gasteiger partial charge is 0.469 e. The highest BCUT2D eigenvalue weighted by atomic mass is 31.2. The van der Waals surface area contributed by atoms with Gasteiger partial charge in [0.1, 0.15) is 11.9 Å². The van der Waals surface area contributed by atoms with Gasteiger partial charge in [0.2, 0.25) is 25.1 Å². The number of methoxy groups -OCH3 is 3. The molecule has 3 amide bonds. The topological polar surface area (TPSA) is 178 Å². The third-order valence-corrected chi connectivity index (χ3v) is 11.9. The summed E-state index contributed by atoms with van der Waals surface area (Å²) in [5.41, 5.74) is 6.92. The first-order valence-corrected chi connectivity index (χ1v) is 19.1. The molecule has 1 heterocycles. The van der Waals surface area contributed by atoms with Gasteiger partial charge in [0.15, 0.2) is 0 Å². The van der Waals surface area contributed by atoms with E-state index in [-0.39, 0.29) is 36.5 Å². The van der Waals surface area contributed by atoms with Crippen molar-refractivity contribution in [1.29, 1.82) is 0 Å². The average Bonchev–Trinajstić information content (AvgIpc) is 3.56. The molecule has 278 valence electrons. The van der Waals surface area contributed by atoms with Gasteiger partial charge in [-0.2, -0.15) is 0 Å². The summed E-state index contributed by atoms with van der Waals surface area (Å²) in [6.07, 6.45) is -0.0308. The molecule has 0 radical (unpaired) electrons. The van der Waals surface area contributed by atoms with Gasteiger partial charge in [-0.25, -0.2) is 0 Å². The van der Waals surface area contributed by atoms with Gasteiger partial charge in [-0.3, -0.25) is 23.7 Å². The van der Waals surface area contributed by atoms with E-state index >= 15 is 0 Å². The Bertz CT molecular complexity index is 1280. The van der Waals surface area contributed by atoms with Crippen LogP contribution in [0.25, 0.3) is 0 Å². The van der Waals surface area contributed by atoms with Gasteiger partial charge >= 0.3 is 5.97 Å². The van der Waals surface area contributed by atoms with E-state index in [4.69, 9.17) is 15.2 Å². The molecule has 1 aliphatic rings. The van der Waals surface area contributed by atoms with E-state index < -0.39 is 67.4 Å². The molecule has 9 atom stereocenters. The molecule has 0 aromatic heterocycles. The summed E-state index contributed by atoms with van der Waals surface area (Å²) in [7, 11) is 1.59. The number of likely N-dealkylation sites (tertiary alicyclic amines) is 1. The summed E-state index contributed by atoms with van der Waals surface area (Å²) in [5.74, 6) is -3.93. The molecule has 13 nitrogen and oxygen atoms in total. The normalized spacial score (nSPS) is 20.3. The second-order valence-corrected chi connectivity index (χ2v) is 16.0. The molecule has 1 unspecified atom stereocenters. The number of hydrogen-bond acceptors (Lipinski definition) is 9. The molecule has 1 aliphatic heterocycles. The highest BCUT2D eigenvalue weighted by Gasteiger charge is 2.44. The molecule has 1 aromatic carbocycles. The molecule has 0 saturated carbocycles. The number of nitrogens with zero attached hydrogens (tertiary/aromatic N) is 2. The maximum atomic E-state index is 14.0. The van der Waals surface area contributed by atoms with Crippen LogP contribution >= 0.6 is 7.37 Å². The van der Waals surface area contributed by atoms with Crippen LogP contribution in [0.3, 0.4) is 0 Å². The number of likely N-dealkylation sites (N-methyl/N-ethyl adjacent to an activating group) is 1. The van der Waals surface area contributed by atoms with E-state index in [1.165, 1.54) is 14.2 Å². The van der Waals surface area contributed by atoms with Crippen LogP contribution in [0.15, 0.2) is 30.3 Å². The molecule has 1 saturated heterocycles. The first kappa shape index (κ1) is 42.3. The molecule has 0 spiro atoms. The number of carbonyl (C=O) groups excluding carboxylic acids is 4. The van der Waals surface area contributed by atoms with E-state index in [0.29, 0.717) is 24.9 Å². The van der Waals surface area contributed by atoms with Crippen molar-refractivity contribution in [2.24, 2.45) is 23.5 Å². The Morgan fingerprint density at radius 3 is 2.24 bits per heavy atom. The van der Waals surface area contributed by atoms with Gasteiger partial charge in [-0.1, -0.05) is 71.4 Å². The van der Waals surface area contributed by atoms with Crippen molar-refractivity contribution in [3.63, 3.8) is 0 Å². The summed E-state index contributed by atoms with van der Waals surface area (Å²) >= 11 is 0. The Balaban J connectivity index is 2.29. The second kappa shape index (κ2) is 19.5. The number of hydrogen-bond donors (Lipinski definition) is 3. The van der Waals surface area contributed by atoms with Gasteiger partial charge in [0.05, 0.1) is 49.8 Å². The fourth-order valence-corrected chi connectivity index (χ4v) is 8.16. The van der Waals surface area contributed by atoms with Crippen LogP contribution in [0, 0.1) is 17.8 Å².